The number of benzene rings is 1. The molecule has 10 heteroatoms. The number of carbonyl (C=O) groups is 3. The smallest absolute Gasteiger partial charge is 0.275 e. The molecule has 2 fully saturated rings. The van der Waals surface area contributed by atoms with Crippen molar-refractivity contribution < 1.29 is 19.1 Å². The summed E-state index contributed by atoms with van der Waals surface area (Å²) in [5, 5.41) is 0.567. The number of anilines is 1. The minimum absolute atomic E-state index is 0.00366. The van der Waals surface area contributed by atoms with E-state index in [0.717, 1.165) is 12.1 Å². The van der Waals surface area contributed by atoms with Crippen molar-refractivity contribution in [1.29, 1.82) is 0 Å². The first-order chi connectivity index (χ1) is 15.9. The Balaban J connectivity index is 1.49. The Bertz CT molecular complexity index is 1050. The third-order valence-electron chi connectivity index (χ3n) is 6.89. The summed E-state index contributed by atoms with van der Waals surface area (Å²) in [5.74, 6) is -0.994. The van der Waals surface area contributed by atoms with Crippen LogP contribution in [-0.2, 0) is 9.53 Å². The fourth-order valence-corrected chi connectivity index (χ4v) is 5.31. The van der Waals surface area contributed by atoms with Gasteiger partial charge in [-0.1, -0.05) is 23.7 Å². The minimum Gasteiger partial charge on any atom is -0.383 e. The van der Waals surface area contributed by atoms with Gasteiger partial charge in [0.1, 0.15) is 5.69 Å². The van der Waals surface area contributed by atoms with Crippen molar-refractivity contribution in [3.63, 3.8) is 0 Å². The molecule has 1 saturated carbocycles. The molecule has 9 nitrogen and oxygen atoms in total. The number of primary amides is 1. The number of amides is 3. The van der Waals surface area contributed by atoms with Crippen molar-refractivity contribution in [3.05, 3.63) is 47.0 Å². The Morgan fingerprint density at radius 2 is 2.03 bits per heavy atom. The average Bonchev–Trinajstić information content (AvgIpc) is 3.42. The number of hydrogen-bond acceptors (Lipinski definition) is 5. The number of aromatic nitrogens is 2. The van der Waals surface area contributed by atoms with Gasteiger partial charge in [-0.3, -0.25) is 14.4 Å². The van der Waals surface area contributed by atoms with Crippen LogP contribution in [0.2, 0.25) is 5.02 Å². The number of methoxy groups -OCH3 is 1. The number of para-hydroxylation sites is 1. The molecule has 0 bridgehead atoms. The molecule has 0 radical (unpaired) electrons. The quantitative estimate of drug-likeness (QED) is 0.640. The molecule has 2 aliphatic rings. The third-order valence-corrected chi connectivity index (χ3v) is 7.21. The molecular weight excluding hydrogens is 446 g/mol. The molecular formula is C23H28ClN5O4. The predicted octanol–water partition coefficient (Wildman–Crippen LogP) is 2.62. The first kappa shape index (κ1) is 23.3. The zero-order valence-electron chi connectivity index (χ0n) is 18.6. The summed E-state index contributed by atoms with van der Waals surface area (Å²) < 4.78 is 5.21. The fraction of sp³-hybridized carbons (Fsp3) is 0.478. The lowest BCUT2D eigenvalue weighted by atomic mass is 9.71. The van der Waals surface area contributed by atoms with Crippen molar-refractivity contribution in [1.82, 2.24) is 14.9 Å². The van der Waals surface area contributed by atoms with Crippen LogP contribution in [0.3, 0.4) is 0 Å². The van der Waals surface area contributed by atoms with Crippen LogP contribution in [0.5, 0.6) is 0 Å². The van der Waals surface area contributed by atoms with Gasteiger partial charge < -0.3 is 25.3 Å². The molecule has 0 unspecified atom stereocenters. The van der Waals surface area contributed by atoms with E-state index in [0.29, 0.717) is 50.4 Å². The molecule has 1 spiro atoms. The number of halogens is 1. The molecule has 1 aliphatic carbocycles. The third kappa shape index (κ3) is 4.35. The van der Waals surface area contributed by atoms with Crippen molar-refractivity contribution >= 4 is 35.0 Å². The summed E-state index contributed by atoms with van der Waals surface area (Å²) in [6.07, 6.45) is 4.76. The van der Waals surface area contributed by atoms with Crippen LogP contribution in [-0.4, -0.2) is 65.4 Å². The molecule has 3 amide bonds. The van der Waals surface area contributed by atoms with E-state index in [1.165, 1.54) is 6.33 Å². The topological polar surface area (TPSA) is 122 Å². The number of nitrogens with zero attached hydrogens (tertiary/aromatic N) is 3. The highest BCUT2D eigenvalue weighted by molar-refractivity contribution is 6.34. The van der Waals surface area contributed by atoms with E-state index in [2.05, 4.69) is 9.97 Å². The molecule has 2 aromatic rings. The lowest BCUT2D eigenvalue weighted by Gasteiger charge is -2.40. The van der Waals surface area contributed by atoms with Crippen molar-refractivity contribution in [2.45, 2.75) is 38.1 Å². The Labute approximate surface area is 197 Å². The molecule has 0 atom stereocenters. The highest BCUT2D eigenvalue weighted by Crippen LogP contribution is 2.47. The number of hydrogen-bond donors (Lipinski definition) is 2. The lowest BCUT2D eigenvalue weighted by Crippen LogP contribution is -2.47. The maximum absolute atomic E-state index is 13.4. The predicted molar refractivity (Wildman–Crippen MR) is 123 cm³/mol. The van der Waals surface area contributed by atoms with E-state index < -0.39 is 11.3 Å². The van der Waals surface area contributed by atoms with Gasteiger partial charge in [0.2, 0.25) is 5.91 Å². The Hall–Kier alpha value is -2.91. The van der Waals surface area contributed by atoms with Gasteiger partial charge in [-0.2, -0.15) is 0 Å². The zero-order valence-corrected chi connectivity index (χ0v) is 19.3. The van der Waals surface area contributed by atoms with Crippen LogP contribution in [0.1, 0.15) is 53.1 Å². The molecule has 1 aliphatic heterocycles. The Morgan fingerprint density at radius 1 is 1.30 bits per heavy atom. The number of ether oxygens (including phenoxy) is 1. The summed E-state index contributed by atoms with van der Waals surface area (Å²) in [6.45, 7) is 1.34. The van der Waals surface area contributed by atoms with Crippen molar-refractivity contribution in [3.8, 4) is 0 Å². The maximum atomic E-state index is 13.4. The van der Waals surface area contributed by atoms with Crippen LogP contribution in [0.4, 0.5) is 5.69 Å². The normalized spacial score (nSPS) is 22.7. The van der Waals surface area contributed by atoms with Gasteiger partial charge in [-0.15, -0.1) is 0 Å². The first-order valence-electron chi connectivity index (χ1n) is 11.1. The molecule has 1 saturated heterocycles. The number of aromatic amines is 1. The monoisotopic (exact) mass is 473 g/mol. The number of rotatable bonds is 7. The summed E-state index contributed by atoms with van der Waals surface area (Å²) in [5.41, 5.74) is 5.71. The van der Waals surface area contributed by atoms with Gasteiger partial charge in [0, 0.05) is 26.2 Å². The van der Waals surface area contributed by atoms with Crippen LogP contribution < -0.4 is 10.6 Å². The van der Waals surface area contributed by atoms with Crippen molar-refractivity contribution in [2.75, 3.05) is 31.7 Å². The number of H-pyrrole nitrogens is 1. The van der Waals surface area contributed by atoms with E-state index in [-0.39, 0.29) is 29.2 Å². The van der Waals surface area contributed by atoms with Gasteiger partial charge in [0.15, 0.2) is 5.69 Å². The number of nitrogens with one attached hydrogen (secondary N) is 1. The minimum atomic E-state index is -0.735. The van der Waals surface area contributed by atoms with Crippen LogP contribution in [0.25, 0.3) is 0 Å². The van der Waals surface area contributed by atoms with Crippen LogP contribution in [0, 0.1) is 5.41 Å². The summed E-state index contributed by atoms with van der Waals surface area (Å²) >= 11 is 6.34. The number of nitrogens with two attached hydrogens (primary N) is 1. The van der Waals surface area contributed by atoms with E-state index in [4.69, 9.17) is 22.1 Å². The van der Waals surface area contributed by atoms with Crippen LogP contribution in [0.15, 0.2) is 30.6 Å². The van der Waals surface area contributed by atoms with Crippen molar-refractivity contribution in [2.24, 2.45) is 11.1 Å². The number of imidazole rings is 1. The highest BCUT2D eigenvalue weighted by Gasteiger charge is 2.50. The van der Waals surface area contributed by atoms with E-state index in [9.17, 15) is 14.4 Å². The van der Waals surface area contributed by atoms with Crippen LogP contribution >= 0.6 is 11.6 Å². The molecule has 3 N–H and O–H groups in total. The standard InChI is InChI=1S/C23H28ClN5O4/c1-33-13-12-28(21(31)19-18(20(25)30)26-14-27-19)15-6-8-23(9-7-15)10-11-29(22(23)32)17-5-3-2-4-16(17)24/h2-5,14-15H,6-13H2,1H3,(H2,25,30)(H,26,27)/t15-,23-. The second kappa shape index (κ2) is 9.52. The molecule has 176 valence electrons. The Kier molecular flexibility index (Phi) is 6.71. The van der Waals surface area contributed by atoms with Gasteiger partial charge >= 0.3 is 0 Å². The van der Waals surface area contributed by atoms with Gasteiger partial charge in [-0.05, 0) is 44.2 Å². The maximum Gasteiger partial charge on any atom is 0.275 e. The first-order valence-corrected chi connectivity index (χ1v) is 11.5. The second-order valence-electron chi connectivity index (χ2n) is 8.65. The zero-order chi connectivity index (χ0) is 23.6. The van der Waals surface area contributed by atoms with Gasteiger partial charge in [0.05, 0.1) is 29.1 Å². The summed E-state index contributed by atoms with van der Waals surface area (Å²) in [6, 6.07) is 7.31. The molecule has 2 heterocycles. The second-order valence-corrected chi connectivity index (χ2v) is 9.06. The van der Waals surface area contributed by atoms with E-state index in [1.54, 1.807) is 23.0 Å². The fourth-order valence-electron chi connectivity index (χ4n) is 5.07. The molecule has 1 aromatic heterocycles. The average molecular weight is 474 g/mol. The number of carbonyl (C=O) groups excluding carboxylic acids is 3. The highest BCUT2D eigenvalue weighted by atomic mass is 35.5. The summed E-state index contributed by atoms with van der Waals surface area (Å²) in [7, 11) is 1.57. The SMILES string of the molecule is COCCN(C(=O)c1nc[nH]c1C(N)=O)[C@H]1CC[C@@]2(CCN(c3ccccc3Cl)C2=O)CC1. The lowest BCUT2D eigenvalue weighted by molar-refractivity contribution is -0.127. The molecule has 1 aromatic carbocycles. The van der Waals surface area contributed by atoms with Gasteiger partial charge in [-0.25, -0.2) is 4.98 Å². The van der Waals surface area contributed by atoms with E-state index >= 15 is 0 Å². The molecule has 33 heavy (non-hydrogen) atoms. The summed E-state index contributed by atoms with van der Waals surface area (Å²) in [4.78, 5) is 48.6. The Morgan fingerprint density at radius 3 is 2.70 bits per heavy atom. The largest absolute Gasteiger partial charge is 0.383 e. The molecule has 4 rings (SSSR count). The van der Waals surface area contributed by atoms with E-state index in [1.807, 2.05) is 18.2 Å². The van der Waals surface area contributed by atoms with Gasteiger partial charge in [0.25, 0.3) is 11.8 Å².